The molecule has 7 heteroatoms. The molecule has 0 radical (unpaired) electrons. The Bertz CT molecular complexity index is 1800. The van der Waals surface area contributed by atoms with Gasteiger partial charge in [-0.15, -0.1) is 0 Å². The van der Waals surface area contributed by atoms with Crippen molar-refractivity contribution in [3.63, 3.8) is 0 Å². The number of para-hydroxylation sites is 4. The van der Waals surface area contributed by atoms with E-state index in [2.05, 4.69) is 9.97 Å². The Labute approximate surface area is 207 Å². The average Bonchev–Trinajstić information content (AvgIpc) is 3.52. The highest BCUT2D eigenvalue weighted by Crippen LogP contribution is 2.29. The molecule has 0 N–H and O–H groups in total. The van der Waals surface area contributed by atoms with Crippen LogP contribution in [-0.2, 0) is 9.84 Å². The average molecular weight is 493 g/mol. The number of aromatic nitrogens is 2. The predicted octanol–water partition coefficient (Wildman–Crippen LogP) is 6.88. The van der Waals surface area contributed by atoms with Crippen molar-refractivity contribution in [2.24, 2.45) is 0 Å². The maximum Gasteiger partial charge on any atom is 0.227 e. The fourth-order valence-corrected chi connectivity index (χ4v) is 4.95. The van der Waals surface area contributed by atoms with Gasteiger partial charge in [0.15, 0.2) is 21.0 Å². The minimum atomic E-state index is -3.50. The van der Waals surface area contributed by atoms with Crippen LogP contribution in [-0.4, -0.2) is 24.6 Å². The van der Waals surface area contributed by atoms with Gasteiger partial charge in [-0.05, 0) is 59.7 Å². The van der Waals surface area contributed by atoms with Gasteiger partial charge in [-0.1, -0.05) is 54.6 Å². The summed E-state index contributed by atoms with van der Waals surface area (Å²) in [6.45, 7) is 0. The third kappa shape index (κ3) is 4.21. The molecule has 4 aromatic carbocycles. The Morgan fingerprint density at radius 3 is 1.81 bits per heavy atom. The molecule has 176 valence electrons. The summed E-state index contributed by atoms with van der Waals surface area (Å²) in [7, 11) is -3.50. The maximum atomic E-state index is 12.6. The second-order valence-corrected chi connectivity index (χ2v) is 10.4. The van der Waals surface area contributed by atoms with Crippen molar-refractivity contribution in [1.29, 1.82) is 0 Å². The molecule has 0 saturated carbocycles. The molecule has 0 aliphatic heterocycles. The Balaban J connectivity index is 1.30. The normalized spacial score (nSPS) is 12.1. The number of oxazole rings is 2. The van der Waals surface area contributed by atoms with E-state index < -0.39 is 9.84 Å². The molecule has 0 unspecified atom stereocenters. The summed E-state index contributed by atoms with van der Waals surface area (Å²) in [5, 5.41) is 0. The highest BCUT2D eigenvalue weighted by Gasteiger charge is 2.16. The van der Waals surface area contributed by atoms with Crippen molar-refractivity contribution >= 4 is 44.2 Å². The van der Waals surface area contributed by atoms with Crippen molar-refractivity contribution in [3.8, 4) is 22.9 Å². The van der Waals surface area contributed by atoms with Crippen LogP contribution in [0.3, 0.4) is 0 Å². The smallest absolute Gasteiger partial charge is 0.227 e. The minimum absolute atomic E-state index is 0.210. The second-order valence-electron chi connectivity index (χ2n) is 8.45. The molecule has 6 aromatic rings. The molecule has 6 rings (SSSR count). The largest absolute Gasteiger partial charge is 0.436 e. The van der Waals surface area contributed by atoms with Gasteiger partial charge in [-0.3, -0.25) is 0 Å². The van der Waals surface area contributed by atoms with Crippen molar-refractivity contribution in [2.75, 3.05) is 6.26 Å². The highest BCUT2D eigenvalue weighted by molar-refractivity contribution is 7.90. The maximum absolute atomic E-state index is 12.6. The van der Waals surface area contributed by atoms with Gasteiger partial charge in [0.2, 0.25) is 11.8 Å². The molecule has 0 amide bonds. The lowest BCUT2D eigenvalue weighted by Gasteiger charge is -2.06. The van der Waals surface area contributed by atoms with Gasteiger partial charge in [0.05, 0.1) is 4.90 Å². The third-order valence-corrected chi connectivity index (χ3v) is 7.01. The summed E-state index contributed by atoms with van der Waals surface area (Å²) >= 11 is 0. The van der Waals surface area contributed by atoms with Crippen LogP contribution in [0.1, 0.15) is 11.1 Å². The Hall–Kier alpha value is -4.49. The topological polar surface area (TPSA) is 86.2 Å². The number of rotatable bonds is 5. The van der Waals surface area contributed by atoms with Gasteiger partial charge in [0, 0.05) is 17.4 Å². The quantitative estimate of drug-likeness (QED) is 0.244. The molecule has 2 aromatic heterocycles. The number of sulfone groups is 1. The lowest BCUT2D eigenvalue weighted by molar-refractivity contribution is 0.601. The standard InChI is InChI=1S/C29H20N2O4S/c1-36(32,33)27-18-22(29-31-24-7-3-5-9-26(24)35-29)17-16-20(27)13-10-19-11-14-21(15-12-19)28-30-23-6-2-4-8-25(23)34-28/h2-18H,1H3. The summed E-state index contributed by atoms with van der Waals surface area (Å²) in [5.41, 5.74) is 5.89. The van der Waals surface area contributed by atoms with E-state index in [0.717, 1.165) is 27.7 Å². The lowest BCUT2D eigenvalue weighted by atomic mass is 10.1. The molecular formula is C29H20N2O4S. The first-order valence-electron chi connectivity index (χ1n) is 11.3. The molecule has 36 heavy (non-hydrogen) atoms. The zero-order chi connectivity index (χ0) is 24.7. The minimum Gasteiger partial charge on any atom is -0.436 e. The summed E-state index contributed by atoms with van der Waals surface area (Å²) < 4.78 is 36.8. The first-order valence-corrected chi connectivity index (χ1v) is 13.2. The van der Waals surface area contributed by atoms with Gasteiger partial charge < -0.3 is 8.83 Å². The number of hydrogen-bond acceptors (Lipinski definition) is 6. The van der Waals surface area contributed by atoms with E-state index in [-0.39, 0.29) is 4.90 Å². The summed E-state index contributed by atoms with van der Waals surface area (Å²) in [6, 6.07) is 28.0. The van der Waals surface area contributed by atoms with Crippen molar-refractivity contribution in [3.05, 3.63) is 102 Å². The molecule has 0 saturated heterocycles. The van der Waals surface area contributed by atoms with Crippen molar-refractivity contribution in [2.45, 2.75) is 4.90 Å². The zero-order valence-corrected chi connectivity index (χ0v) is 20.1. The molecule has 6 nitrogen and oxygen atoms in total. The fraction of sp³-hybridized carbons (Fsp3) is 0.0345. The molecule has 0 fully saturated rings. The third-order valence-electron chi connectivity index (χ3n) is 5.86. The molecule has 0 aliphatic carbocycles. The predicted molar refractivity (Wildman–Crippen MR) is 141 cm³/mol. The molecule has 0 aliphatic rings. The van der Waals surface area contributed by atoms with Crippen LogP contribution in [0, 0.1) is 0 Å². The summed E-state index contributed by atoms with van der Waals surface area (Å²) in [6.07, 6.45) is 4.87. The summed E-state index contributed by atoms with van der Waals surface area (Å²) in [4.78, 5) is 9.22. The van der Waals surface area contributed by atoms with Crippen LogP contribution < -0.4 is 0 Å². The molecular weight excluding hydrogens is 472 g/mol. The number of hydrogen-bond donors (Lipinski definition) is 0. The van der Waals surface area contributed by atoms with Crippen molar-refractivity contribution in [1.82, 2.24) is 9.97 Å². The van der Waals surface area contributed by atoms with Crippen LogP contribution in [0.2, 0.25) is 0 Å². The Morgan fingerprint density at radius 1 is 0.667 bits per heavy atom. The highest BCUT2D eigenvalue weighted by atomic mass is 32.2. The van der Waals surface area contributed by atoms with E-state index in [9.17, 15) is 8.42 Å². The fourth-order valence-electron chi connectivity index (χ4n) is 4.04. The first-order chi connectivity index (χ1) is 17.4. The van der Waals surface area contributed by atoms with Crippen molar-refractivity contribution < 1.29 is 17.3 Å². The van der Waals surface area contributed by atoms with Crippen LogP contribution in [0.25, 0.3) is 57.3 Å². The van der Waals surface area contributed by atoms with Gasteiger partial charge in [0.25, 0.3) is 0 Å². The molecule has 0 atom stereocenters. The monoisotopic (exact) mass is 492 g/mol. The van der Waals surface area contributed by atoms with Crippen LogP contribution in [0.15, 0.2) is 105 Å². The van der Waals surface area contributed by atoms with E-state index >= 15 is 0 Å². The lowest BCUT2D eigenvalue weighted by Crippen LogP contribution is -2.00. The SMILES string of the molecule is CS(=O)(=O)c1cc(-c2nc3ccccc3o2)ccc1C=Cc1ccc(-c2nc3ccccc3o2)cc1. The number of nitrogens with zero attached hydrogens (tertiary/aromatic N) is 2. The molecule has 0 bridgehead atoms. The summed E-state index contributed by atoms with van der Waals surface area (Å²) in [5.74, 6) is 0.937. The number of benzene rings is 4. The van der Waals surface area contributed by atoms with Crippen LogP contribution >= 0.6 is 0 Å². The van der Waals surface area contributed by atoms with E-state index in [4.69, 9.17) is 8.83 Å². The van der Waals surface area contributed by atoms with Crippen LogP contribution in [0.5, 0.6) is 0 Å². The van der Waals surface area contributed by atoms with E-state index in [1.165, 1.54) is 6.26 Å². The first kappa shape index (κ1) is 22.0. The molecule has 2 heterocycles. The Morgan fingerprint density at radius 2 is 1.22 bits per heavy atom. The van der Waals surface area contributed by atoms with Gasteiger partial charge >= 0.3 is 0 Å². The van der Waals surface area contributed by atoms with E-state index in [1.807, 2.05) is 84.9 Å². The van der Waals surface area contributed by atoms with E-state index in [1.54, 1.807) is 18.2 Å². The molecule has 0 spiro atoms. The van der Waals surface area contributed by atoms with Crippen LogP contribution in [0.4, 0.5) is 0 Å². The number of fused-ring (bicyclic) bond motifs is 2. The Kier molecular flexibility index (Phi) is 5.27. The van der Waals surface area contributed by atoms with Gasteiger partial charge in [-0.25, -0.2) is 18.4 Å². The second kappa shape index (κ2) is 8.62. The van der Waals surface area contributed by atoms with Gasteiger partial charge in [-0.2, -0.15) is 0 Å². The van der Waals surface area contributed by atoms with Gasteiger partial charge in [0.1, 0.15) is 11.0 Å². The zero-order valence-electron chi connectivity index (χ0n) is 19.3. The van der Waals surface area contributed by atoms with E-state index in [0.29, 0.717) is 28.5 Å².